The minimum absolute atomic E-state index is 0.267. The molecule has 2 N–H and O–H groups in total. The van der Waals surface area contributed by atoms with Crippen LogP contribution < -0.4 is 5.32 Å². The first kappa shape index (κ1) is 4.25. The number of nitriles is 1. The van der Waals surface area contributed by atoms with Crippen molar-refractivity contribution < 1.29 is 5.11 Å². The van der Waals surface area contributed by atoms with E-state index in [1.165, 1.54) is 6.19 Å². The molecule has 0 fully saturated rings. The maximum atomic E-state index is 7.73. The zero-order valence-corrected chi connectivity index (χ0v) is 2.60. The molecule has 0 saturated heterocycles. The van der Waals surface area contributed by atoms with Crippen molar-refractivity contribution in [2.24, 2.45) is 0 Å². The van der Waals surface area contributed by atoms with E-state index < -0.39 is 0 Å². The molecule has 0 heterocycles. The lowest BCUT2D eigenvalue weighted by molar-refractivity contribution is 0.282. The van der Waals surface area contributed by atoms with E-state index in [1.54, 1.807) is 0 Å². The summed E-state index contributed by atoms with van der Waals surface area (Å²) >= 11 is 0. The summed E-state index contributed by atoms with van der Waals surface area (Å²) in [5.41, 5.74) is 0. The van der Waals surface area contributed by atoms with Gasteiger partial charge < -0.3 is 10.4 Å². The van der Waals surface area contributed by atoms with Crippen LogP contribution in [0.1, 0.15) is 0 Å². The van der Waals surface area contributed by atoms with Crippen LogP contribution in [-0.2, 0) is 0 Å². The molecule has 0 spiro atoms. The van der Waals surface area contributed by atoms with E-state index in [0.29, 0.717) is 0 Å². The summed E-state index contributed by atoms with van der Waals surface area (Å²) < 4.78 is 0. The van der Waals surface area contributed by atoms with Gasteiger partial charge in [-0.3, -0.25) is 0 Å². The standard InChI is InChI=1S/C2H4N2O/c3-1-4-2-5/h4-5H,2H2. The van der Waals surface area contributed by atoms with Crippen LogP contribution in [0.2, 0.25) is 0 Å². The van der Waals surface area contributed by atoms with E-state index in [9.17, 15) is 0 Å². The van der Waals surface area contributed by atoms with Crippen LogP contribution in [0.4, 0.5) is 0 Å². The zero-order valence-electron chi connectivity index (χ0n) is 2.60. The van der Waals surface area contributed by atoms with Crippen LogP contribution in [0.25, 0.3) is 0 Å². The molecule has 0 saturated carbocycles. The highest BCUT2D eigenvalue weighted by molar-refractivity contribution is 4.57. The largest absolute Gasteiger partial charge is 0.376 e. The third kappa shape index (κ3) is 3.25. The van der Waals surface area contributed by atoms with Crippen LogP contribution in [0.15, 0.2) is 0 Å². The Morgan fingerprint density at radius 2 is 2.60 bits per heavy atom. The fraction of sp³-hybridized carbons (Fsp3) is 0.500. The second-order valence-electron chi connectivity index (χ2n) is 0.447. The van der Waals surface area contributed by atoms with Gasteiger partial charge in [0.05, 0.1) is 0 Å². The predicted molar refractivity (Wildman–Crippen MR) is 15.8 cm³/mol. The third-order valence-electron chi connectivity index (χ3n) is 0.158. The van der Waals surface area contributed by atoms with E-state index in [0.717, 1.165) is 0 Å². The highest BCUT2D eigenvalue weighted by Gasteiger charge is 1.58. The molecule has 3 nitrogen and oxygen atoms in total. The van der Waals surface area contributed by atoms with Gasteiger partial charge in [-0.05, 0) is 0 Å². The van der Waals surface area contributed by atoms with Gasteiger partial charge in [0.25, 0.3) is 0 Å². The van der Waals surface area contributed by atoms with E-state index in [1.807, 2.05) is 5.32 Å². The monoisotopic (exact) mass is 72.0 g/mol. The van der Waals surface area contributed by atoms with Gasteiger partial charge in [0.1, 0.15) is 6.73 Å². The first-order valence-electron chi connectivity index (χ1n) is 1.14. The first-order valence-corrected chi connectivity index (χ1v) is 1.14. The van der Waals surface area contributed by atoms with E-state index in [4.69, 9.17) is 10.4 Å². The second kappa shape index (κ2) is 3.25. The molecule has 0 bridgehead atoms. The predicted octanol–water partition coefficient (Wildman–Crippen LogP) is -0.993. The summed E-state index contributed by atoms with van der Waals surface area (Å²) in [4.78, 5) is 0. The van der Waals surface area contributed by atoms with Crippen LogP contribution in [0.5, 0.6) is 0 Å². The molecule has 0 atom stereocenters. The van der Waals surface area contributed by atoms with Gasteiger partial charge in [0.2, 0.25) is 0 Å². The summed E-state index contributed by atoms with van der Waals surface area (Å²) in [5, 5.41) is 17.2. The molecular formula is C2H4N2O. The third-order valence-corrected chi connectivity index (χ3v) is 0.158. The minimum atomic E-state index is -0.267. The fourth-order valence-corrected chi connectivity index (χ4v) is 0.0354. The smallest absolute Gasteiger partial charge is 0.178 e. The highest BCUT2D eigenvalue weighted by Crippen LogP contribution is 1.33. The van der Waals surface area contributed by atoms with Gasteiger partial charge in [-0.25, -0.2) is 0 Å². The molecule has 0 rings (SSSR count). The van der Waals surface area contributed by atoms with Crippen LogP contribution in [-0.4, -0.2) is 11.8 Å². The Morgan fingerprint density at radius 1 is 2.00 bits per heavy atom. The molecule has 5 heavy (non-hydrogen) atoms. The maximum absolute atomic E-state index is 7.73. The number of rotatable bonds is 1. The number of hydrogen-bond donors (Lipinski definition) is 2. The molecule has 0 radical (unpaired) electrons. The van der Waals surface area contributed by atoms with Crippen molar-refractivity contribution in [3.8, 4) is 6.19 Å². The van der Waals surface area contributed by atoms with Crippen molar-refractivity contribution >= 4 is 0 Å². The molecule has 0 aromatic heterocycles. The van der Waals surface area contributed by atoms with Crippen molar-refractivity contribution in [2.45, 2.75) is 0 Å². The van der Waals surface area contributed by atoms with Crippen molar-refractivity contribution in [1.29, 1.82) is 5.26 Å². The Labute approximate surface area is 29.8 Å². The number of aliphatic hydroxyl groups excluding tert-OH is 1. The number of nitrogens with one attached hydrogen (secondary N) is 1. The molecule has 0 aliphatic carbocycles. The van der Waals surface area contributed by atoms with Gasteiger partial charge in [-0.15, -0.1) is 0 Å². The van der Waals surface area contributed by atoms with Gasteiger partial charge in [-0.1, -0.05) is 0 Å². The molecule has 0 aliphatic heterocycles. The Kier molecular flexibility index (Phi) is 2.76. The molecule has 28 valence electrons. The zero-order chi connectivity index (χ0) is 4.12. The Hall–Kier alpha value is -0.750. The molecule has 0 unspecified atom stereocenters. The molecule has 0 aromatic carbocycles. The molecule has 0 aromatic rings. The molecule has 0 aliphatic rings. The van der Waals surface area contributed by atoms with Crippen molar-refractivity contribution in [3.63, 3.8) is 0 Å². The van der Waals surface area contributed by atoms with E-state index in [-0.39, 0.29) is 6.73 Å². The normalized spacial score (nSPS) is 5.60. The SMILES string of the molecule is N#CNCO. The van der Waals surface area contributed by atoms with Crippen LogP contribution in [0.3, 0.4) is 0 Å². The average molecular weight is 72.1 g/mol. The highest BCUT2D eigenvalue weighted by atomic mass is 16.3. The van der Waals surface area contributed by atoms with Gasteiger partial charge >= 0.3 is 0 Å². The summed E-state index contributed by atoms with van der Waals surface area (Å²) in [6.07, 6.45) is 1.52. The summed E-state index contributed by atoms with van der Waals surface area (Å²) in [6.45, 7) is -0.267. The minimum Gasteiger partial charge on any atom is -0.376 e. The molecule has 0 amide bonds. The summed E-state index contributed by atoms with van der Waals surface area (Å²) in [7, 11) is 0. The summed E-state index contributed by atoms with van der Waals surface area (Å²) in [6, 6.07) is 0. The summed E-state index contributed by atoms with van der Waals surface area (Å²) in [5.74, 6) is 0. The van der Waals surface area contributed by atoms with Crippen molar-refractivity contribution in [1.82, 2.24) is 5.32 Å². The Bertz CT molecular complexity index is 46.1. The topological polar surface area (TPSA) is 56.0 Å². The lowest BCUT2D eigenvalue weighted by Crippen LogP contribution is -2.04. The second-order valence-corrected chi connectivity index (χ2v) is 0.447. The Morgan fingerprint density at radius 3 is 2.60 bits per heavy atom. The maximum Gasteiger partial charge on any atom is 0.178 e. The molecular weight excluding hydrogens is 68.0 g/mol. The van der Waals surface area contributed by atoms with Gasteiger partial charge in [0.15, 0.2) is 6.19 Å². The molecule has 3 heteroatoms. The van der Waals surface area contributed by atoms with Crippen molar-refractivity contribution in [2.75, 3.05) is 6.73 Å². The van der Waals surface area contributed by atoms with Crippen LogP contribution >= 0.6 is 0 Å². The van der Waals surface area contributed by atoms with E-state index in [2.05, 4.69) is 0 Å². The van der Waals surface area contributed by atoms with Crippen molar-refractivity contribution in [3.05, 3.63) is 0 Å². The van der Waals surface area contributed by atoms with Gasteiger partial charge in [0, 0.05) is 0 Å². The Balaban J connectivity index is 2.48. The van der Waals surface area contributed by atoms with E-state index >= 15 is 0 Å². The van der Waals surface area contributed by atoms with Gasteiger partial charge in [-0.2, -0.15) is 5.26 Å². The number of aliphatic hydroxyl groups is 1. The number of nitrogens with zero attached hydrogens (tertiary/aromatic N) is 1. The quantitative estimate of drug-likeness (QED) is 0.237. The first-order chi connectivity index (χ1) is 2.41. The van der Waals surface area contributed by atoms with Crippen LogP contribution in [0, 0.1) is 11.5 Å². The lowest BCUT2D eigenvalue weighted by atomic mass is 11.1. The fourth-order valence-electron chi connectivity index (χ4n) is 0.0354. The average Bonchev–Trinajstić information content (AvgIpc) is 1.41. The number of hydrogen-bond acceptors (Lipinski definition) is 3. The lowest BCUT2D eigenvalue weighted by Gasteiger charge is -1.75.